The molecular formula is C18H11F3N4O3S. The minimum atomic E-state index is -4.48. The lowest BCUT2D eigenvalue weighted by Gasteiger charge is -2.06. The van der Waals surface area contributed by atoms with Crippen LogP contribution in [-0.2, 0) is 11.0 Å². The van der Waals surface area contributed by atoms with Crippen molar-refractivity contribution in [2.75, 3.05) is 0 Å². The average Bonchev–Trinajstić information content (AvgIpc) is 3.01. The number of hydrogen-bond acceptors (Lipinski definition) is 6. The molecule has 1 aliphatic rings. The van der Waals surface area contributed by atoms with Crippen LogP contribution in [0.5, 0.6) is 0 Å². The van der Waals surface area contributed by atoms with Crippen LogP contribution in [0.2, 0.25) is 0 Å². The standard InChI is InChI=1S/C18H11F3N4O3S/c19-18(20,21)13-5-1-3-11(7-13)9-15-16(26)23-17(29-15)24-22-10-12-4-2-6-14(8-12)25(27)28/h1-10H,(H,23,24,26)/b15-9+,22-10-. The SMILES string of the molecule is O=C1N/C(=N/N=C\c2cccc([N+](=O)[O-])c2)S/C1=C/c1cccc(C(F)(F)F)c1. The van der Waals surface area contributed by atoms with Crippen molar-refractivity contribution in [1.82, 2.24) is 5.32 Å². The molecule has 1 N–H and O–H groups in total. The lowest BCUT2D eigenvalue weighted by molar-refractivity contribution is -0.384. The summed E-state index contributed by atoms with van der Waals surface area (Å²) in [5.41, 5.74) is -0.251. The fraction of sp³-hybridized carbons (Fsp3) is 0.0556. The summed E-state index contributed by atoms with van der Waals surface area (Å²) in [6, 6.07) is 10.3. The Balaban J connectivity index is 1.74. The Hall–Kier alpha value is -3.47. The zero-order valence-corrected chi connectivity index (χ0v) is 15.2. The van der Waals surface area contributed by atoms with E-state index >= 15 is 0 Å². The van der Waals surface area contributed by atoms with Crippen molar-refractivity contribution in [2.45, 2.75) is 6.18 Å². The summed E-state index contributed by atoms with van der Waals surface area (Å²) in [7, 11) is 0. The zero-order valence-electron chi connectivity index (χ0n) is 14.4. The number of nitro benzene ring substituents is 1. The molecule has 0 spiro atoms. The fourth-order valence-corrected chi connectivity index (χ4v) is 3.08. The van der Waals surface area contributed by atoms with Crippen LogP contribution in [0.1, 0.15) is 16.7 Å². The first-order chi connectivity index (χ1) is 13.7. The molecule has 0 saturated carbocycles. The molecular weight excluding hydrogens is 409 g/mol. The predicted molar refractivity (Wildman–Crippen MR) is 103 cm³/mol. The van der Waals surface area contributed by atoms with Gasteiger partial charge in [0.25, 0.3) is 11.6 Å². The van der Waals surface area contributed by atoms with Crippen molar-refractivity contribution >= 4 is 40.8 Å². The number of rotatable bonds is 4. The van der Waals surface area contributed by atoms with Crippen molar-refractivity contribution in [3.05, 3.63) is 80.2 Å². The average molecular weight is 420 g/mol. The summed E-state index contributed by atoms with van der Waals surface area (Å²) in [4.78, 5) is 22.4. The van der Waals surface area contributed by atoms with E-state index in [9.17, 15) is 28.1 Å². The minimum absolute atomic E-state index is 0.101. The highest BCUT2D eigenvalue weighted by Crippen LogP contribution is 2.31. The molecule has 1 amide bonds. The van der Waals surface area contributed by atoms with Gasteiger partial charge in [0.05, 0.1) is 21.6 Å². The summed E-state index contributed by atoms with van der Waals surface area (Å²) in [5, 5.41) is 20.9. The molecule has 1 heterocycles. The summed E-state index contributed by atoms with van der Waals surface area (Å²) in [6.07, 6.45) is -1.88. The molecule has 2 aromatic carbocycles. The first-order valence-electron chi connectivity index (χ1n) is 7.96. The van der Waals surface area contributed by atoms with Crippen LogP contribution in [-0.4, -0.2) is 22.2 Å². The Bertz CT molecular complexity index is 1060. The first-order valence-corrected chi connectivity index (χ1v) is 8.78. The fourth-order valence-electron chi connectivity index (χ4n) is 2.30. The molecule has 11 heteroatoms. The summed E-state index contributed by atoms with van der Waals surface area (Å²) in [6.45, 7) is 0. The van der Waals surface area contributed by atoms with E-state index < -0.39 is 22.6 Å². The summed E-state index contributed by atoms with van der Waals surface area (Å²) >= 11 is 0.917. The van der Waals surface area contributed by atoms with E-state index in [0.717, 1.165) is 23.9 Å². The number of hydrogen-bond donors (Lipinski definition) is 1. The Morgan fingerprint density at radius 1 is 1.10 bits per heavy atom. The molecule has 0 aromatic heterocycles. The Kier molecular flexibility index (Phi) is 5.78. The van der Waals surface area contributed by atoms with Gasteiger partial charge in [-0.15, -0.1) is 5.10 Å². The molecule has 0 aliphatic carbocycles. The van der Waals surface area contributed by atoms with Gasteiger partial charge in [0.2, 0.25) is 0 Å². The molecule has 7 nitrogen and oxygen atoms in total. The van der Waals surface area contributed by atoms with Crippen molar-refractivity contribution in [1.29, 1.82) is 0 Å². The molecule has 29 heavy (non-hydrogen) atoms. The number of non-ortho nitro benzene ring substituents is 1. The normalized spacial score (nSPS) is 17.3. The summed E-state index contributed by atoms with van der Waals surface area (Å²) < 4.78 is 38.4. The van der Waals surface area contributed by atoms with Gasteiger partial charge in [-0.1, -0.05) is 24.3 Å². The highest BCUT2D eigenvalue weighted by molar-refractivity contribution is 8.18. The number of thioether (sulfide) groups is 1. The van der Waals surface area contributed by atoms with Crippen LogP contribution >= 0.6 is 11.8 Å². The number of nitrogens with zero attached hydrogens (tertiary/aromatic N) is 3. The van der Waals surface area contributed by atoms with Crippen molar-refractivity contribution < 1.29 is 22.9 Å². The van der Waals surface area contributed by atoms with E-state index in [2.05, 4.69) is 15.5 Å². The van der Waals surface area contributed by atoms with Crippen molar-refractivity contribution in [3.63, 3.8) is 0 Å². The highest BCUT2D eigenvalue weighted by atomic mass is 32.2. The molecule has 148 valence electrons. The van der Waals surface area contributed by atoms with Crippen LogP contribution in [0, 0.1) is 10.1 Å². The number of nitrogens with one attached hydrogen (secondary N) is 1. The largest absolute Gasteiger partial charge is 0.416 e. The van der Waals surface area contributed by atoms with E-state index in [1.807, 2.05) is 0 Å². The Morgan fingerprint density at radius 3 is 2.55 bits per heavy atom. The second-order valence-corrected chi connectivity index (χ2v) is 6.72. The molecule has 0 radical (unpaired) electrons. The monoisotopic (exact) mass is 420 g/mol. The van der Waals surface area contributed by atoms with E-state index in [0.29, 0.717) is 5.56 Å². The van der Waals surface area contributed by atoms with Gasteiger partial charge in [-0.25, -0.2) is 0 Å². The number of halogens is 3. The molecule has 0 bridgehead atoms. The van der Waals surface area contributed by atoms with Crippen LogP contribution in [0.15, 0.2) is 63.6 Å². The highest BCUT2D eigenvalue weighted by Gasteiger charge is 2.30. The smallest absolute Gasteiger partial charge is 0.299 e. The molecule has 3 rings (SSSR count). The number of carbonyl (C=O) groups excluding carboxylic acids is 1. The van der Waals surface area contributed by atoms with Crippen molar-refractivity contribution in [2.24, 2.45) is 10.2 Å². The number of carbonyl (C=O) groups is 1. The predicted octanol–water partition coefficient (Wildman–Crippen LogP) is 4.21. The maximum absolute atomic E-state index is 12.8. The van der Waals surface area contributed by atoms with Crippen LogP contribution in [0.4, 0.5) is 18.9 Å². The third kappa shape index (κ3) is 5.29. The number of amidine groups is 1. The van der Waals surface area contributed by atoms with Gasteiger partial charge >= 0.3 is 6.18 Å². The van der Waals surface area contributed by atoms with Gasteiger partial charge in [-0.05, 0) is 35.5 Å². The quantitative estimate of drug-likeness (QED) is 0.347. The third-order valence-corrected chi connectivity index (χ3v) is 4.50. The summed E-state index contributed by atoms with van der Waals surface area (Å²) in [5.74, 6) is -0.517. The molecule has 1 aliphatic heterocycles. The maximum Gasteiger partial charge on any atom is 0.416 e. The molecule has 1 fully saturated rings. The number of alkyl halides is 3. The first kappa shape index (κ1) is 20.3. The Morgan fingerprint density at radius 2 is 1.83 bits per heavy atom. The van der Waals surface area contributed by atoms with Gasteiger partial charge in [-0.3, -0.25) is 20.2 Å². The van der Waals surface area contributed by atoms with Crippen molar-refractivity contribution in [3.8, 4) is 0 Å². The van der Waals surface area contributed by atoms with Crippen LogP contribution in [0.3, 0.4) is 0 Å². The van der Waals surface area contributed by atoms with Gasteiger partial charge < -0.3 is 0 Å². The number of nitro groups is 1. The van der Waals surface area contributed by atoms with Gasteiger partial charge in [0.1, 0.15) is 0 Å². The lowest BCUT2D eigenvalue weighted by atomic mass is 10.1. The third-order valence-electron chi connectivity index (χ3n) is 3.60. The topological polar surface area (TPSA) is 97.0 Å². The zero-order chi connectivity index (χ0) is 21.0. The van der Waals surface area contributed by atoms with Gasteiger partial charge in [0.15, 0.2) is 5.17 Å². The lowest BCUT2D eigenvalue weighted by Crippen LogP contribution is -2.19. The second kappa shape index (κ2) is 8.27. The molecule has 2 aromatic rings. The van der Waals surface area contributed by atoms with Crippen LogP contribution < -0.4 is 5.32 Å². The molecule has 0 atom stereocenters. The van der Waals surface area contributed by atoms with Crippen LogP contribution in [0.25, 0.3) is 6.08 Å². The van der Waals surface area contributed by atoms with E-state index in [1.54, 1.807) is 6.07 Å². The molecule has 0 unspecified atom stereocenters. The van der Waals surface area contributed by atoms with Gasteiger partial charge in [-0.2, -0.15) is 18.3 Å². The minimum Gasteiger partial charge on any atom is -0.299 e. The van der Waals surface area contributed by atoms with Gasteiger partial charge in [0, 0.05) is 17.7 Å². The van der Waals surface area contributed by atoms with E-state index in [-0.39, 0.29) is 21.3 Å². The number of amides is 1. The Labute approximate surface area is 166 Å². The maximum atomic E-state index is 12.8. The van der Waals surface area contributed by atoms with E-state index in [4.69, 9.17) is 0 Å². The molecule has 1 saturated heterocycles. The second-order valence-electron chi connectivity index (χ2n) is 5.69. The van der Waals surface area contributed by atoms with E-state index in [1.165, 1.54) is 42.6 Å². The number of benzene rings is 2.